The van der Waals surface area contributed by atoms with E-state index < -0.39 is 0 Å². The molecule has 0 saturated carbocycles. The van der Waals surface area contributed by atoms with Gasteiger partial charge in [0.1, 0.15) is 12.4 Å². The number of aryl methyl sites for hydroxylation is 1. The van der Waals surface area contributed by atoms with Crippen molar-refractivity contribution < 1.29 is 9.53 Å². The lowest BCUT2D eigenvalue weighted by atomic mass is 10.1. The van der Waals surface area contributed by atoms with Gasteiger partial charge in [0.2, 0.25) is 0 Å². The summed E-state index contributed by atoms with van der Waals surface area (Å²) in [6.07, 6.45) is 1.77. The van der Waals surface area contributed by atoms with Crippen molar-refractivity contribution in [3.63, 3.8) is 0 Å². The first-order valence-electron chi connectivity index (χ1n) is 8.71. The Labute approximate surface area is 173 Å². The van der Waals surface area contributed by atoms with Crippen LogP contribution in [0.2, 0.25) is 5.02 Å². The fraction of sp³-hybridized carbons (Fsp3) is 0.190. The molecule has 0 atom stereocenters. The van der Waals surface area contributed by atoms with E-state index in [-0.39, 0.29) is 18.1 Å². The van der Waals surface area contributed by atoms with Crippen molar-refractivity contribution in [3.8, 4) is 5.75 Å². The quantitative estimate of drug-likeness (QED) is 0.281. The first-order valence-corrected chi connectivity index (χ1v) is 10.1. The number of aromatic nitrogens is 3. The molecule has 0 bridgehead atoms. The topological polar surface area (TPSA) is 57.0 Å². The summed E-state index contributed by atoms with van der Waals surface area (Å²) in [5.74, 6) is 1.72. The molecule has 5 nitrogen and oxygen atoms in total. The lowest BCUT2D eigenvalue weighted by molar-refractivity contribution is 0.102. The summed E-state index contributed by atoms with van der Waals surface area (Å²) in [5.41, 5.74) is 1.79. The van der Waals surface area contributed by atoms with Gasteiger partial charge in [0.15, 0.2) is 16.8 Å². The Hall–Kier alpha value is -2.57. The number of carbonyl (C=O) groups is 1. The third kappa shape index (κ3) is 5.24. The molecule has 3 aromatic rings. The summed E-state index contributed by atoms with van der Waals surface area (Å²) in [5, 5.41) is 9.70. The molecule has 0 unspecified atom stereocenters. The Morgan fingerprint density at radius 1 is 1.18 bits per heavy atom. The highest BCUT2D eigenvalue weighted by Crippen LogP contribution is 2.21. The van der Waals surface area contributed by atoms with Crippen molar-refractivity contribution in [2.24, 2.45) is 0 Å². The maximum Gasteiger partial charge on any atom is 0.192 e. The van der Waals surface area contributed by atoms with E-state index in [2.05, 4.69) is 16.8 Å². The number of allylic oxidation sites excluding steroid dienone is 1. The van der Waals surface area contributed by atoms with E-state index in [1.54, 1.807) is 30.3 Å². The molecule has 1 heterocycles. The standard InChI is InChI=1S/C21H20ClN3O2S/c1-3-12-25-20(13-27-18-10-4-15(2)5-11-18)23-24-21(25)28-14-19(26)16-6-8-17(22)9-7-16/h3-11H,1,12-14H2,2H3. The molecule has 0 spiro atoms. The highest BCUT2D eigenvalue weighted by Gasteiger charge is 2.15. The Bertz CT molecular complexity index is 953. The zero-order valence-corrected chi connectivity index (χ0v) is 17.0. The second-order valence-corrected chi connectivity index (χ2v) is 7.50. The van der Waals surface area contributed by atoms with Crippen LogP contribution in [0.5, 0.6) is 5.75 Å². The monoisotopic (exact) mass is 413 g/mol. The van der Waals surface area contributed by atoms with E-state index in [0.717, 1.165) is 5.75 Å². The number of Topliss-reactive ketones (excluding diaryl/α,β-unsaturated/α-hetero) is 1. The normalized spacial score (nSPS) is 10.6. The smallest absolute Gasteiger partial charge is 0.192 e. The van der Waals surface area contributed by atoms with Crippen molar-refractivity contribution in [2.45, 2.75) is 25.2 Å². The highest BCUT2D eigenvalue weighted by atomic mass is 35.5. The molecule has 0 amide bonds. The summed E-state index contributed by atoms with van der Waals surface area (Å²) in [6.45, 7) is 6.64. The summed E-state index contributed by atoms with van der Waals surface area (Å²) < 4.78 is 7.71. The van der Waals surface area contributed by atoms with Gasteiger partial charge in [-0.1, -0.05) is 47.1 Å². The third-order valence-corrected chi connectivity index (χ3v) is 5.21. The lowest BCUT2D eigenvalue weighted by Gasteiger charge is -2.09. The number of thioether (sulfide) groups is 1. The van der Waals surface area contributed by atoms with Crippen LogP contribution in [0.4, 0.5) is 0 Å². The van der Waals surface area contributed by atoms with Crippen molar-refractivity contribution in [2.75, 3.05) is 5.75 Å². The number of hydrogen-bond donors (Lipinski definition) is 0. The molecule has 0 fully saturated rings. The maximum absolute atomic E-state index is 12.4. The van der Waals surface area contributed by atoms with Crippen molar-refractivity contribution in [1.29, 1.82) is 0 Å². The van der Waals surface area contributed by atoms with Gasteiger partial charge in [-0.05, 0) is 43.3 Å². The second-order valence-electron chi connectivity index (χ2n) is 6.12. The van der Waals surface area contributed by atoms with Gasteiger partial charge in [0, 0.05) is 17.1 Å². The van der Waals surface area contributed by atoms with E-state index in [1.807, 2.05) is 35.8 Å². The summed E-state index contributed by atoms with van der Waals surface area (Å²) in [4.78, 5) is 12.4. The second kappa shape index (κ2) is 9.57. The van der Waals surface area contributed by atoms with Crippen LogP contribution in [0, 0.1) is 6.92 Å². The molecular weight excluding hydrogens is 394 g/mol. The van der Waals surface area contributed by atoms with E-state index in [4.69, 9.17) is 16.3 Å². The van der Waals surface area contributed by atoms with Gasteiger partial charge < -0.3 is 4.74 Å². The molecule has 0 N–H and O–H groups in total. The molecule has 0 aliphatic carbocycles. The Morgan fingerprint density at radius 2 is 1.89 bits per heavy atom. The average molecular weight is 414 g/mol. The minimum absolute atomic E-state index is 0.00674. The minimum Gasteiger partial charge on any atom is -0.486 e. The number of nitrogens with zero attached hydrogens (tertiary/aromatic N) is 3. The van der Waals surface area contributed by atoms with Crippen molar-refractivity contribution in [3.05, 3.63) is 83.2 Å². The molecule has 0 saturated heterocycles. The van der Waals surface area contributed by atoms with E-state index >= 15 is 0 Å². The van der Waals surface area contributed by atoms with Gasteiger partial charge in [-0.2, -0.15) is 0 Å². The molecule has 1 aromatic heterocycles. The Kier molecular flexibility index (Phi) is 6.90. The predicted molar refractivity (Wildman–Crippen MR) is 112 cm³/mol. The number of rotatable bonds is 9. The van der Waals surface area contributed by atoms with Gasteiger partial charge in [0.05, 0.1) is 5.75 Å². The SMILES string of the molecule is C=CCn1c(COc2ccc(C)cc2)nnc1SCC(=O)c1ccc(Cl)cc1. The van der Waals surface area contributed by atoms with Crippen molar-refractivity contribution in [1.82, 2.24) is 14.8 Å². The maximum atomic E-state index is 12.4. The van der Waals surface area contributed by atoms with E-state index in [1.165, 1.54) is 17.3 Å². The van der Waals surface area contributed by atoms with Crippen LogP contribution in [-0.4, -0.2) is 26.3 Å². The first kappa shape index (κ1) is 20.2. The van der Waals surface area contributed by atoms with E-state index in [9.17, 15) is 4.79 Å². The number of ether oxygens (including phenoxy) is 1. The molecule has 28 heavy (non-hydrogen) atoms. The zero-order chi connectivity index (χ0) is 19.9. The van der Waals surface area contributed by atoms with Crippen LogP contribution in [0.25, 0.3) is 0 Å². The Morgan fingerprint density at radius 3 is 2.57 bits per heavy atom. The molecule has 7 heteroatoms. The first-order chi connectivity index (χ1) is 13.6. The summed E-state index contributed by atoms with van der Waals surface area (Å²) in [7, 11) is 0. The van der Waals surface area contributed by atoms with Gasteiger partial charge in [-0.15, -0.1) is 16.8 Å². The fourth-order valence-electron chi connectivity index (χ4n) is 2.48. The molecule has 2 aromatic carbocycles. The van der Waals surface area contributed by atoms with Crippen LogP contribution >= 0.6 is 23.4 Å². The molecule has 3 rings (SSSR count). The number of benzene rings is 2. The van der Waals surface area contributed by atoms with Gasteiger partial charge >= 0.3 is 0 Å². The van der Waals surface area contributed by atoms with Crippen LogP contribution in [-0.2, 0) is 13.2 Å². The lowest BCUT2D eigenvalue weighted by Crippen LogP contribution is -2.09. The van der Waals surface area contributed by atoms with Gasteiger partial charge in [0.25, 0.3) is 0 Å². The predicted octanol–water partition coefficient (Wildman–Crippen LogP) is 4.98. The average Bonchev–Trinajstić information content (AvgIpc) is 3.08. The number of carbonyl (C=O) groups excluding carboxylic acids is 1. The van der Waals surface area contributed by atoms with Crippen LogP contribution in [0.1, 0.15) is 21.7 Å². The van der Waals surface area contributed by atoms with E-state index in [0.29, 0.717) is 28.1 Å². The molecule has 0 aliphatic heterocycles. The molecular formula is C21H20ClN3O2S. The molecule has 0 radical (unpaired) electrons. The van der Waals surface area contributed by atoms with Crippen LogP contribution < -0.4 is 4.74 Å². The highest BCUT2D eigenvalue weighted by molar-refractivity contribution is 7.99. The summed E-state index contributed by atoms with van der Waals surface area (Å²) >= 11 is 7.21. The van der Waals surface area contributed by atoms with Gasteiger partial charge in [-0.25, -0.2) is 0 Å². The Balaban J connectivity index is 1.65. The fourth-order valence-corrected chi connectivity index (χ4v) is 3.46. The molecule has 0 aliphatic rings. The van der Waals surface area contributed by atoms with Crippen LogP contribution in [0.15, 0.2) is 66.3 Å². The zero-order valence-electron chi connectivity index (χ0n) is 15.5. The van der Waals surface area contributed by atoms with Gasteiger partial charge in [-0.3, -0.25) is 9.36 Å². The third-order valence-electron chi connectivity index (χ3n) is 3.99. The number of halogens is 1. The largest absolute Gasteiger partial charge is 0.486 e. The summed E-state index contributed by atoms with van der Waals surface area (Å²) in [6, 6.07) is 14.7. The minimum atomic E-state index is 0.00674. The number of hydrogen-bond acceptors (Lipinski definition) is 5. The van der Waals surface area contributed by atoms with Crippen LogP contribution in [0.3, 0.4) is 0 Å². The number of ketones is 1. The van der Waals surface area contributed by atoms with Crippen molar-refractivity contribution >= 4 is 29.1 Å². The molecule has 144 valence electrons.